The fourth-order valence-corrected chi connectivity index (χ4v) is 5.87. The number of ether oxygens (including phenoxy) is 1. The van der Waals surface area contributed by atoms with Crippen LogP contribution < -0.4 is 4.74 Å². The largest absolute Gasteiger partial charge is 0.497 e. The van der Waals surface area contributed by atoms with Crippen molar-refractivity contribution in [3.63, 3.8) is 0 Å². The average Bonchev–Trinajstić information content (AvgIpc) is 3.39. The first-order valence-electron chi connectivity index (χ1n) is 12.0. The molecule has 2 aromatic rings. The van der Waals surface area contributed by atoms with Gasteiger partial charge in [-0.15, -0.1) is 0 Å². The number of benzene rings is 2. The maximum atomic E-state index is 14.0. The van der Waals surface area contributed by atoms with Crippen molar-refractivity contribution in [1.82, 2.24) is 9.80 Å². The zero-order valence-corrected chi connectivity index (χ0v) is 18.8. The molecule has 2 atom stereocenters. The second kappa shape index (κ2) is 8.97. The predicted molar refractivity (Wildman–Crippen MR) is 124 cm³/mol. The van der Waals surface area contributed by atoms with E-state index in [1.807, 2.05) is 53.4 Å². The van der Waals surface area contributed by atoms with Crippen LogP contribution in [0.3, 0.4) is 0 Å². The number of nitrogens with zero attached hydrogens (tertiary/aromatic N) is 2. The van der Waals surface area contributed by atoms with E-state index in [0.29, 0.717) is 5.56 Å². The van der Waals surface area contributed by atoms with Crippen LogP contribution in [0.25, 0.3) is 0 Å². The van der Waals surface area contributed by atoms with Crippen molar-refractivity contribution < 1.29 is 14.3 Å². The van der Waals surface area contributed by atoms with Gasteiger partial charge in [-0.25, -0.2) is 0 Å². The molecule has 0 radical (unpaired) electrons. The molecule has 1 saturated heterocycles. The smallest absolute Gasteiger partial charge is 0.254 e. The van der Waals surface area contributed by atoms with Gasteiger partial charge in [0.15, 0.2) is 0 Å². The quantitative estimate of drug-likeness (QED) is 0.688. The number of rotatable bonds is 4. The van der Waals surface area contributed by atoms with Gasteiger partial charge in [-0.1, -0.05) is 49.6 Å². The Hall–Kier alpha value is -2.82. The zero-order chi connectivity index (χ0) is 22.1. The van der Waals surface area contributed by atoms with Crippen molar-refractivity contribution in [3.05, 3.63) is 65.2 Å². The van der Waals surface area contributed by atoms with Gasteiger partial charge in [-0.3, -0.25) is 9.59 Å². The Bertz CT molecular complexity index is 975. The van der Waals surface area contributed by atoms with Crippen molar-refractivity contribution in [3.8, 4) is 5.75 Å². The normalized spacial score (nSPS) is 23.8. The Labute approximate surface area is 190 Å². The molecule has 2 aromatic carbocycles. The summed E-state index contributed by atoms with van der Waals surface area (Å²) >= 11 is 0. The van der Waals surface area contributed by atoms with Gasteiger partial charge in [0.25, 0.3) is 5.91 Å². The van der Waals surface area contributed by atoms with Crippen molar-refractivity contribution in [1.29, 1.82) is 0 Å². The second-order valence-corrected chi connectivity index (χ2v) is 9.32. The summed E-state index contributed by atoms with van der Waals surface area (Å²) in [6.07, 6.45) is 7.61. The van der Waals surface area contributed by atoms with Crippen LogP contribution in [0, 0.1) is 0 Å². The molecule has 32 heavy (non-hydrogen) atoms. The molecule has 2 unspecified atom stereocenters. The molecule has 3 aliphatic rings. The number of likely N-dealkylation sites (tertiary alicyclic amines) is 1. The topological polar surface area (TPSA) is 49.9 Å². The molecule has 5 rings (SSSR count). The summed E-state index contributed by atoms with van der Waals surface area (Å²) in [5.41, 5.74) is 2.58. The monoisotopic (exact) mass is 432 g/mol. The Morgan fingerprint density at radius 2 is 1.59 bits per heavy atom. The van der Waals surface area contributed by atoms with Crippen LogP contribution in [0.1, 0.15) is 78.4 Å². The Balaban J connectivity index is 1.66. The van der Waals surface area contributed by atoms with Crippen LogP contribution in [-0.4, -0.2) is 47.9 Å². The third-order valence-corrected chi connectivity index (χ3v) is 7.49. The number of carbonyl (C=O) groups excluding carboxylic acids is 2. The van der Waals surface area contributed by atoms with E-state index in [9.17, 15) is 9.59 Å². The summed E-state index contributed by atoms with van der Waals surface area (Å²) in [6.45, 7) is 1.62. The molecule has 2 heterocycles. The summed E-state index contributed by atoms with van der Waals surface area (Å²) in [5.74, 6) is 0.628. The van der Waals surface area contributed by atoms with Crippen molar-refractivity contribution in [2.75, 3.05) is 20.2 Å². The fourth-order valence-electron chi connectivity index (χ4n) is 5.87. The molecule has 1 saturated carbocycles. The minimum absolute atomic E-state index is 0.0683. The first kappa shape index (κ1) is 21.0. The lowest BCUT2D eigenvalue weighted by molar-refractivity contribution is -0.133. The van der Waals surface area contributed by atoms with Crippen LogP contribution in [0.2, 0.25) is 0 Å². The average molecular weight is 433 g/mol. The number of carbonyl (C=O) groups is 2. The lowest BCUT2D eigenvalue weighted by atomic mass is 9.77. The minimum Gasteiger partial charge on any atom is -0.497 e. The molecule has 0 N–H and O–H groups in total. The van der Waals surface area contributed by atoms with E-state index in [-0.39, 0.29) is 29.8 Å². The molecular formula is C27H32N2O3. The molecule has 0 spiro atoms. The molecule has 5 heteroatoms. The maximum Gasteiger partial charge on any atom is 0.254 e. The molecule has 2 aliphatic heterocycles. The molecule has 0 aromatic heterocycles. The van der Waals surface area contributed by atoms with Gasteiger partial charge in [0.1, 0.15) is 5.75 Å². The van der Waals surface area contributed by atoms with Crippen LogP contribution in [0.5, 0.6) is 5.75 Å². The molecule has 2 fully saturated rings. The number of amides is 2. The summed E-state index contributed by atoms with van der Waals surface area (Å²) in [5, 5.41) is 0. The van der Waals surface area contributed by atoms with Crippen LogP contribution in [0.15, 0.2) is 48.5 Å². The van der Waals surface area contributed by atoms with Gasteiger partial charge in [0, 0.05) is 24.7 Å². The molecule has 2 amide bonds. The van der Waals surface area contributed by atoms with Gasteiger partial charge in [-0.05, 0) is 55.0 Å². The van der Waals surface area contributed by atoms with Crippen molar-refractivity contribution in [2.24, 2.45) is 0 Å². The Kier molecular flexibility index (Phi) is 5.90. The van der Waals surface area contributed by atoms with Gasteiger partial charge in [-0.2, -0.15) is 0 Å². The van der Waals surface area contributed by atoms with Gasteiger partial charge >= 0.3 is 0 Å². The van der Waals surface area contributed by atoms with Crippen molar-refractivity contribution in [2.45, 2.75) is 62.9 Å². The molecule has 168 valence electrons. The Morgan fingerprint density at radius 3 is 2.28 bits per heavy atom. The van der Waals surface area contributed by atoms with Gasteiger partial charge < -0.3 is 14.5 Å². The predicted octanol–water partition coefficient (Wildman–Crippen LogP) is 4.93. The van der Waals surface area contributed by atoms with E-state index in [2.05, 4.69) is 4.90 Å². The van der Waals surface area contributed by atoms with E-state index < -0.39 is 0 Å². The van der Waals surface area contributed by atoms with E-state index in [1.54, 1.807) is 7.11 Å². The van der Waals surface area contributed by atoms with Crippen LogP contribution in [0.4, 0.5) is 0 Å². The molecule has 0 bridgehead atoms. The highest BCUT2D eigenvalue weighted by molar-refractivity contribution is 6.01. The summed E-state index contributed by atoms with van der Waals surface area (Å²) in [6, 6.07) is 15.6. The number of methoxy groups -OCH3 is 1. The summed E-state index contributed by atoms with van der Waals surface area (Å²) in [4.78, 5) is 31.9. The lowest BCUT2D eigenvalue weighted by Crippen LogP contribution is -2.52. The summed E-state index contributed by atoms with van der Waals surface area (Å²) in [7, 11) is 1.66. The SMILES string of the molecule is COc1ccc(C2C(C(=O)N3CCCC3)c3ccccc3C(=O)N2C2CCCCC2)cc1. The molecule has 1 aliphatic carbocycles. The van der Waals surface area contributed by atoms with E-state index in [1.165, 1.54) is 6.42 Å². The standard InChI is InChI=1S/C27H32N2O3/c1-32-21-15-13-19(14-16-21)25-24(27(31)28-17-7-8-18-28)22-11-5-6-12-23(22)26(30)29(25)20-9-3-2-4-10-20/h5-6,11-16,20,24-25H,2-4,7-10,17-18H2,1H3. The highest BCUT2D eigenvalue weighted by atomic mass is 16.5. The molecular weight excluding hydrogens is 400 g/mol. The first-order chi connectivity index (χ1) is 15.7. The highest BCUT2D eigenvalue weighted by Gasteiger charge is 2.47. The third-order valence-electron chi connectivity index (χ3n) is 7.49. The first-order valence-corrected chi connectivity index (χ1v) is 12.0. The van der Waals surface area contributed by atoms with E-state index in [4.69, 9.17) is 4.74 Å². The van der Waals surface area contributed by atoms with Crippen LogP contribution in [-0.2, 0) is 4.79 Å². The van der Waals surface area contributed by atoms with Crippen LogP contribution >= 0.6 is 0 Å². The third kappa shape index (κ3) is 3.68. The number of hydrogen-bond acceptors (Lipinski definition) is 3. The van der Waals surface area contributed by atoms with Crippen molar-refractivity contribution >= 4 is 11.8 Å². The fraction of sp³-hybridized carbons (Fsp3) is 0.481. The van der Waals surface area contributed by atoms with Gasteiger partial charge in [0.2, 0.25) is 5.91 Å². The van der Waals surface area contributed by atoms with Gasteiger partial charge in [0.05, 0.1) is 19.1 Å². The number of fused-ring (bicyclic) bond motifs is 1. The lowest BCUT2D eigenvalue weighted by Gasteiger charge is -2.47. The second-order valence-electron chi connectivity index (χ2n) is 9.32. The minimum atomic E-state index is -0.377. The zero-order valence-electron chi connectivity index (χ0n) is 18.8. The van der Waals surface area contributed by atoms with E-state index >= 15 is 0 Å². The maximum absolute atomic E-state index is 14.0. The van der Waals surface area contributed by atoms with E-state index in [0.717, 1.165) is 68.5 Å². The number of hydrogen-bond donors (Lipinski definition) is 0. The Morgan fingerprint density at radius 1 is 0.906 bits per heavy atom. The highest BCUT2D eigenvalue weighted by Crippen LogP contribution is 2.46. The molecule has 5 nitrogen and oxygen atoms in total. The summed E-state index contributed by atoms with van der Waals surface area (Å²) < 4.78 is 5.38.